The summed E-state index contributed by atoms with van der Waals surface area (Å²) in [4.78, 5) is 11.0. The SMILES string of the molecule is O=C(Cc1ccc(C(F)(F)F)cc1)CC(F)(F)F. The van der Waals surface area contributed by atoms with Crippen LogP contribution in [0.2, 0.25) is 0 Å². The summed E-state index contributed by atoms with van der Waals surface area (Å²) in [5.41, 5.74) is -0.785. The molecular formula is C11H8F6O. The third kappa shape index (κ3) is 4.77. The van der Waals surface area contributed by atoms with Gasteiger partial charge >= 0.3 is 12.4 Å². The first-order valence-electron chi connectivity index (χ1n) is 4.82. The van der Waals surface area contributed by atoms with Gasteiger partial charge in [-0.25, -0.2) is 0 Å². The molecular weight excluding hydrogens is 262 g/mol. The van der Waals surface area contributed by atoms with Gasteiger partial charge in [0.1, 0.15) is 12.2 Å². The standard InChI is InChI=1S/C11H8F6O/c12-10(13,14)6-9(18)5-7-1-3-8(4-2-7)11(15,16)17/h1-4H,5-6H2. The molecule has 1 aromatic carbocycles. The summed E-state index contributed by atoms with van der Waals surface area (Å²) in [6.07, 6.45) is -11.2. The van der Waals surface area contributed by atoms with Gasteiger partial charge in [0.05, 0.1) is 5.56 Å². The number of carbonyl (C=O) groups excluding carboxylic acids is 1. The first kappa shape index (κ1) is 14.5. The van der Waals surface area contributed by atoms with E-state index < -0.39 is 36.5 Å². The highest BCUT2D eigenvalue weighted by molar-refractivity contribution is 5.81. The molecule has 1 rings (SSSR count). The molecule has 0 atom stereocenters. The molecule has 0 heterocycles. The van der Waals surface area contributed by atoms with Gasteiger partial charge in [-0.3, -0.25) is 4.79 Å². The number of hydrogen-bond donors (Lipinski definition) is 0. The second-order valence-corrected chi connectivity index (χ2v) is 3.70. The minimum absolute atomic E-state index is 0.122. The molecule has 1 aromatic rings. The fourth-order valence-electron chi connectivity index (χ4n) is 1.33. The van der Waals surface area contributed by atoms with Gasteiger partial charge in [0.2, 0.25) is 0 Å². The molecule has 7 heteroatoms. The molecule has 0 saturated heterocycles. The van der Waals surface area contributed by atoms with Crippen LogP contribution in [0, 0.1) is 0 Å². The molecule has 0 radical (unpaired) electrons. The lowest BCUT2D eigenvalue weighted by Crippen LogP contribution is -2.16. The van der Waals surface area contributed by atoms with Gasteiger partial charge in [0.15, 0.2) is 0 Å². The quantitative estimate of drug-likeness (QED) is 0.764. The Morgan fingerprint density at radius 1 is 0.944 bits per heavy atom. The third-order valence-electron chi connectivity index (χ3n) is 2.08. The molecule has 0 aliphatic heterocycles. The first-order valence-corrected chi connectivity index (χ1v) is 4.82. The maximum absolute atomic E-state index is 12.2. The van der Waals surface area contributed by atoms with Crippen molar-refractivity contribution in [1.82, 2.24) is 0 Å². The average Bonchev–Trinajstić information content (AvgIpc) is 2.13. The van der Waals surface area contributed by atoms with E-state index in [0.717, 1.165) is 24.3 Å². The van der Waals surface area contributed by atoms with Crippen LogP contribution in [0.3, 0.4) is 0 Å². The predicted octanol–water partition coefficient (Wildman–Crippen LogP) is 3.77. The molecule has 0 bridgehead atoms. The zero-order valence-corrected chi connectivity index (χ0v) is 8.90. The van der Waals surface area contributed by atoms with E-state index in [1.807, 2.05) is 0 Å². The van der Waals surface area contributed by atoms with Crippen LogP contribution in [-0.4, -0.2) is 12.0 Å². The molecule has 0 amide bonds. The van der Waals surface area contributed by atoms with Crippen molar-refractivity contribution in [2.45, 2.75) is 25.2 Å². The zero-order chi connectivity index (χ0) is 14.0. The maximum atomic E-state index is 12.2. The summed E-state index contributed by atoms with van der Waals surface area (Å²) in [6.45, 7) is 0. The summed E-state index contributed by atoms with van der Waals surface area (Å²) >= 11 is 0. The van der Waals surface area contributed by atoms with Crippen molar-refractivity contribution in [3.8, 4) is 0 Å². The molecule has 0 aliphatic rings. The van der Waals surface area contributed by atoms with Gasteiger partial charge < -0.3 is 0 Å². The van der Waals surface area contributed by atoms with Gasteiger partial charge in [-0.1, -0.05) is 12.1 Å². The highest BCUT2D eigenvalue weighted by atomic mass is 19.4. The van der Waals surface area contributed by atoms with Crippen LogP contribution in [-0.2, 0) is 17.4 Å². The third-order valence-corrected chi connectivity index (χ3v) is 2.08. The lowest BCUT2D eigenvalue weighted by Gasteiger charge is -2.08. The fourth-order valence-corrected chi connectivity index (χ4v) is 1.33. The van der Waals surface area contributed by atoms with E-state index in [2.05, 4.69) is 0 Å². The lowest BCUT2D eigenvalue weighted by molar-refractivity contribution is -0.151. The molecule has 0 saturated carbocycles. The number of carbonyl (C=O) groups is 1. The van der Waals surface area contributed by atoms with Crippen molar-refractivity contribution in [3.05, 3.63) is 35.4 Å². The summed E-state index contributed by atoms with van der Waals surface area (Å²) in [7, 11) is 0. The Morgan fingerprint density at radius 2 is 1.44 bits per heavy atom. The van der Waals surface area contributed by atoms with Crippen molar-refractivity contribution in [2.24, 2.45) is 0 Å². The van der Waals surface area contributed by atoms with E-state index in [1.165, 1.54) is 0 Å². The number of Topliss-reactive ketones (excluding diaryl/α,β-unsaturated/α-hetero) is 1. The summed E-state index contributed by atoms with van der Waals surface area (Å²) in [5.74, 6) is -1.08. The van der Waals surface area contributed by atoms with Crippen molar-refractivity contribution < 1.29 is 31.1 Å². The van der Waals surface area contributed by atoms with Gasteiger partial charge in [-0.2, -0.15) is 26.3 Å². The monoisotopic (exact) mass is 270 g/mol. The van der Waals surface area contributed by atoms with Crippen LogP contribution in [0.25, 0.3) is 0 Å². The average molecular weight is 270 g/mol. The number of hydrogen-bond acceptors (Lipinski definition) is 1. The van der Waals surface area contributed by atoms with E-state index in [4.69, 9.17) is 0 Å². The van der Waals surface area contributed by atoms with E-state index in [9.17, 15) is 31.1 Å². The van der Waals surface area contributed by atoms with Gasteiger partial charge in [-0.05, 0) is 17.7 Å². The number of rotatable bonds is 3. The second-order valence-electron chi connectivity index (χ2n) is 3.70. The summed E-state index contributed by atoms with van der Waals surface area (Å²) < 4.78 is 72.1. The molecule has 100 valence electrons. The Bertz CT molecular complexity index is 415. The second kappa shape index (κ2) is 4.99. The Kier molecular flexibility index (Phi) is 4.03. The van der Waals surface area contributed by atoms with Gasteiger partial charge in [0.25, 0.3) is 0 Å². The highest BCUT2D eigenvalue weighted by Crippen LogP contribution is 2.29. The molecule has 0 spiro atoms. The van der Waals surface area contributed by atoms with Gasteiger partial charge in [-0.15, -0.1) is 0 Å². The van der Waals surface area contributed by atoms with Crippen LogP contribution in [0.1, 0.15) is 17.5 Å². The minimum atomic E-state index is -4.59. The number of benzene rings is 1. The lowest BCUT2D eigenvalue weighted by atomic mass is 10.0. The number of ketones is 1. The molecule has 0 unspecified atom stereocenters. The number of alkyl halides is 6. The van der Waals surface area contributed by atoms with Crippen molar-refractivity contribution >= 4 is 5.78 Å². The normalized spacial score (nSPS) is 12.6. The largest absolute Gasteiger partial charge is 0.416 e. The maximum Gasteiger partial charge on any atom is 0.416 e. The Labute approximate surface area is 98.4 Å². The summed E-state index contributed by atoms with van der Waals surface area (Å²) in [6, 6.07) is 3.46. The molecule has 0 aromatic heterocycles. The topological polar surface area (TPSA) is 17.1 Å². The van der Waals surface area contributed by atoms with Crippen LogP contribution < -0.4 is 0 Å². The molecule has 18 heavy (non-hydrogen) atoms. The zero-order valence-electron chi connectivity index (χ0n) is 8.90. The van der Waals surface area contributed by atoms with E-state index >= 15 is 0 Å². The van der Waals surface area contributed by atoms with E-state index in [0.29, 0.717) is 0 Å². The Balaban J connectivity index is 2.67. The van der Waals surface area contributed by atoms with Crippen LogP contribution in [0.15, 0.2) is 24.3 Å². The number of halogens is 6. The van der Waals surface area contributed by atoms with Crippen LogP contribution in [0.5, 0.6) is 0 Å². The molecule has 0 N–H and O–H groups in total. The predicted molar refractivity (Wildman–Crippen MR) is 50.8 cm³/mol. The molecule has 0 fully saturated rings. The smallest absolute Gasteiger partial charge is 0.299 e. The van der Waals surface area contributed by atoms with Gasteiger partial charge in [0, 0.05) is 6.42 Å². The Hall–Kier alpha value is -1.53. The minimum Gasteiger partial charge on any atom is -0.299 e. The van der Waals surface area contributed by atoms with Crippen molar-refractivity contribution in [1.29, 1.82) is 0 Å². The molecule has 1 nitrogen and oxygen atoms in total. The van der Waals surface area contributed by atoms with Crippen molar-refractivity contribution in [3.63, 3.8) is 0 Å². The Morgan fingerprint density at radius 3 is 1.83 bits per heavy atom. The molecule has 0 aliphatic carbocycles. The fraction of sp³-hybridized carbons (Fsp3) is 0.364. The van der Waals surface area contributed by atoms with E-state index in [-0.39, 0.29) is 5.56 Å². The van der Waals surface area contributed by atoms with Crippen LogP contribution >= 0.6 is 0 Å². The highest BCUT2D eigenvalue weighted by Gasteiger charge is 2.32. The van der Waals surface area contributed by atoms with Crippen LogP contribution in [0.4, 0.5) is 26.3 Å². The van der Waals surface area contributed by atoms with Crippen molar-refractivity contribution in [2.75, 3.05) is 0 Å². The first-order chi connectivity index (χ1) is 8.08. The summed E-state index contributed by atoms with van der Waals surface area (Å²) in [5, 5.41) is 0. The van der Waals surface area contributed by atoms with E-state index in [1.54, 1.807) is 0 Å².